The molecule has 0 aliphatic rings. The lowest BCUT2D eigenvalue weighted by atomic mass is 10.2. The molecule has 0 unspecified atom stereocenters. The molecule has 1 heterocycles. The van der Waals surface area contributed by atoms with E-state index in [4.69, 9.17) is 32.5 Å². The van der Waals surface area contributed by atoms with Crippen LogP contribution in [0.25, 0.3) is 11.4 Å². The van der Waals surface area contributed by atoms with Crippen molar-refractivity contribution in [2.24, 2.45) is 0 Å². The molecule has 0 bridgehead atoms. The number of nitrogens with one attached hydrogen (secondary N) is 1. The number of benzene rings is 2. The third kappa shape index (κ3) is 4.74. The Morgan fingerprint density at radius 1 is 1.21 bits per heavy atom. The van der Waals surface area contributed by atoms with Crippen molar-refractivity contribution >= 4 is 29.1 Å². The van der Waals surface area contributed by atoms with Gasteiger partial charge in [0.25, 0.3) is 0 Å². The number of phenolic OH excluding ortho intramolecular Hbond substituents is 1. The molecular formula is C19H17Cl2N3O4. The fourth-order valence-corrected chi connectivity index (χ4v) is 2.83. The SMILES string of the molecule is CC(C)Oc1ccc(CNC(=O)c2nc(-c3cc(Cl)c(O)c(Cl)c3)no2)cc1. The Labute approximate surface area is 171 Å². The van der Waals surface area contributed by atoms with Crippen LogP contribution in [-0.4, -0.2) is 27.3 Å². The molecule has 0 aliphatic carbocycles. The third-order valence-corrected chi connectivity index (χ3v) is 4.22. The van der Waals surface area contributed by atoms with Gasteiger partial charge in [-0.05, 0) is 43.7 Å². The number of rotatable bonds is 6. The quantitative estimate of drug-likeness (QED) is 0.609. The normalized spacial score (nSPS) is 10.9. The van der Waals surface area contributed by atoms with Crippen LogP contribution in [-0.2, 0) is 6.54 Å². The van der Waals surface area contributed by atoms with Crippen LogP contribution in [0.2, 0.25) is 10.0 Å². The average Bonchev–Trinajstić information content (AvgIpc) is 3.15. The second kappa shape index (κ2) is 8.50. The first-order valence-electron chi connectivity index (χ1n) is 8.39. The maximum absolute atomic E-state index is 12.2. The van der Waals surface area contributed by atoms with Gasteiger partial charge in [0.05, 0.1) is 16.1 Å². The Morgan fingerprint density at radius 3 is 2.46 bits per heavy atom. The van der Waals surface area contributed by atoms with Crippen molar-refractivity contribution in [3.05, 3.63) is 57.9 Å². The van der Waals surface area contributed by atoms with E-state index in [2.05, 4.69) is 15.5 Å². The van der Waals surface area contributed by atoms with E-state index in [1.54, 1.807) is 0 Å². The van der Waals surface area contributed by atoms with Crippen LogP contribution in [0.15, 0.2) is 40.9 Å². The van der Waals surface area contributed by atoms with E-state index in [0.29, 0.717) is 5.56 Å². The number of amides is 1. The second-order valence-electron chi connectivity index (χ2n) is 6.20. The Bertz CT molecular complexity index is 964. The summed E-state index contributed by atoms with van der Waals surface area (Å²) in [5.74, 6) is -0.0624. The van der Waals surface area contributed by atoms with Gasteiger partial charge in [-0.3, -0.25) is 4.79 Å². The number of aromatic hydroxyl groups is 1. The van der Waals surface area contributed by atoms with Crippen molar-refractivity contribution in [3.8, 4) is 22.9 Å². The fraction of sp³-hybridized carbons (Fsp3) is 0.211. The molecule has 0 radical (unpaired) electrons. The molecule has 0 atom stereocenters. The van der Waals surface area contributed by atoms with Gasteiger partial charge in [0.1, 0.15) is 5.75 Å². The van der Waals surface area contributed by atoms with Gasteiger partial charge >= 0.3 is 11.8 Å². The lowest BCUT2D eigenvalue weighted by Crippen LogP contribution is -2.23. The minimum absolute atomic E-state index is 0.0446. The molecule has 146 valence electrons. The Hall–Kier alpha value is -2.77. The van der Waals surface area contributed by atoms with Crippen LogP contribution in [0.1, 0.15) is 30.1 Å². The first-order valence-corrected chi connectivity index (χ1v) is 9.15. The van der Waals surface area contributed by atoms with Crippen molar-refractivity contribution < 1.29 is 19.2 Å². The van der Waals surface area contributed by atoms with Crippen molar-refractivity contribution in [1.82, 2.24) is 15.5 Å². The molecule has 3 aromatic rings. The maximum atomic E-state index is 12.2. The fourth-order valence-electron chi connectivity index (χ4n) is 2.34. The zero-order chi connectivity index (χ0) is 20.3. The summed E-state index contributed by atoms with van der Waals surface area (Å²) in [4.78, 5) is 16.3. The summed E-state index contributed by atoms with van der Waals surface area (Å²) < 4.78 is 10.6. The zero-order valence-electron chi connectivity index (χ0n) is 15.1. The minimum atomic E-state index is -0.516. The average molecular weight is 422 g/mol. The highest BCUT2D eigenvalue weighted by atomic mass is 35.5. The monoisotopic (exact) mass is 421 g/mol. The van der Waals surface area contributed by atoms with Gasteiger partial charge in [0.2, 0.25) is 5.82 Å². The molecule has 2 N–H and O–H groups in total. The number of aromatic nitrogens is 2. The molecule has 2 aromatic carbocycles. The van der Waals surface area contributed by atoms with Crippen LogP contribution in [0.3, 0.4) is 0 Å². The largest absolute Gasteiger partial charge is 0.505 e. The van der Waals surface area contributed by atoms with E-state index in [1.165, 1.54) is 12.1 Å². The lowest BCUT2D eigenvalue weighted by molar-refractivity contribution is 0.0907. The lowest BCUT2D eigenvalue weighted by Gasteiger charge is -2.10. The van der Waals surface area contributed by atoms with E-state index in [9.17, 15) is 9.90 Å². The van der Waals surface area contributed by atoms with Crippen molar-refractivity contribution in [2.75, 3.05) is 0 Å². The molecular weight excluding hydrogens is 405 g/mol. The highest BCUT2D eigenvalue weighted by Crippen LogP contribution is 2.35. The Kier molecular flexibility index (Phi) is 6.06. The summed E-state index contributed by atoms with van der Waals surface area (Å²) in [6.07, 6.45) is 0.0932. The molecule has 9 heteroatoms. The molecule has 1 aromatic heterocycles. The molecule has 28 heavy (non-hydrogen) atoms. The second-order valence-corrected chi connectivity index (χ2v) is 7.02. The van der Waals surface area contributed by atoms with Gasteiger partial charge in [-0.2, -0.15) is 4.98 Å². The molecule has 0 aliphatic heterocycles. The summed E-state index contributed by atoms with van der Waals surface area (Å²) in [6.45, 7) is 4.19. The first kappa shape index (κ1) is 20.0. The third-order valence-electron chi connectivity index (χ3n) is 3.64. The number of nitrogens with zero attached hydrogens (tertiary/aromatic N) is 2. The Balaban J connectivity index is 1.64. The zero-order valence-corrected chi connectivity index (χ0v) is 16.6. The van der Waals surface area contributed by atoms with Crippen molar-refractivity contribution in [2.45, 2.75) is 26.5 Å². The number of carbonyl (C=O) groups is 1. The van der Waals surface area contributed by atoms with Gasteiger partial charge in [-0.15, -0.1) is 0 Å². The van der Waals surface area contributed by atoms with Gasteiger partial charge in [-0.1, -0.05) is 40.5 Å². The number of phenols is 1. The summed E-state index contributed by atoms with van der Waals surface area (Å²) in [5.41, 5.74) is 1.30. The molecule has 0 saturated carbocycles. The van der Waals surface area contributed by atoms with E-state index in [-0.39, 0.29) is 40.2 Å². The predicted octanol–water partition coefficient (Wildman–Crippen LogP) is 4.47. The topological polar surface area (TPSA) is 97.5 Å². The number of hydrogen-bond donors (Lipinski definition) is 2. The van der Waals surface area contributed by atoms with Crippen LogP contribution >= 0.6 is 23.2 Å². The molecule has 1 amide bonds. The number of hydrogen-bond acceptors (Lipinski definition) is 6. The summed E-state index contributed by atoms with van der Waals surface area (Å²) >= 11 is 11.8. The van der Waals surface area contributed by atoms with E-state index in [0.717, 1.165) is 11.3 Å². The van der Waals surface area contributed by atoms with Crippen LogP contribution < -0.4 is 10.1 Å². The summed E-state index contributed by atoms with van der Waals surface area (Å²) in [7, 11) is 0. The van der Waals surface area contributed by atoms with E-state index in [1.807, 2.05) is 38.1 Å². The predicted molar refractivity (Wildman–Crippen MR) is 105 cm³/mol. The van der Waals surface area contributed by atoms with Crippen molar-refractivity contribution in [3.63, 3.8) is 0 Å². The highest BCUT2D eigenvalue weighted by Gasteiger charge is 2.18. The van der Waals surface area contributed by atoms with Gasteiger partial charge < -0.3 is 19.7 Å². The molecule has 0 spiro atoms. The summed E-state index contributed by atoms with van der Waals surface area (Å²) in [5, 5.41) is 16.2. The standard InChI is InChI=1S/C19H17Cl2N3O4/c1-10(2)27-13-5-3-11(4-6-13)9-22-18(26)19-23-17(24-28-19)12-7-14(20)16(25)15(21)8-12/h3-8,10,25H,9H2,1-2H3,(H,22,26). The molecule has 0 saturated heterocycles. The molecule has 0 fully saturated rings. The summed E-state index contributed by atoms with van der Waals surface area (Å²) in [6, 6.07) is 10.2. The highest BCUT2D eigenvalue weighted by molar-refractivity contribution is 6.37. The number of carbonyl (C=O) groups excluding carboxylic acids is 1. The number of halogens is 2. The van der Waals surface area contributed by atoms with Crippen LogP contribution in [0, 0.1) is 0 Å². The first-order chi connectivity index (χ1) is 13.3. The number of ether oxygens (including phenoxy) is 1. The smallest absolute Gasteiger partial charge is 0.316 e. The molecule has 3 rings (SSSR count). The maximum Gasteiger partial charge on any atom is 0.316 e. The van der Waals surface area contributed by atoms with Crippen LogP contribution in [0.4, 0.5) is 0 Å². The van der Waals surface area contributed by atoms with E-state index >= 15 is 0 Å². The van der Waals surface area contributed by atoms with Gasteiger partial charge in [0.15, 0.2) is 5.75 Å². The van der Waals surface area contributed by atoms with E-state index < -0.39 is 5.91 Å². The van der Waals surface area contributed by atoms with Gasteiger partial charge in [0, 0.05) is 12.1 Å². The van der Waals surface area contributed by atoms with Crippen molar-refractivity contribution in [1.29, 1.82) is 0 Å². The van der Waals surface area contributed by atoms with Gasteiger partial charge in [-0.25, -0.2) is 0 Å². The Morgan fingerprint density at radius 2 is 1.86 bits per heavy atom. The minimum Gasteiger partial charge on any atom is -0.505 e. The molecule has 7 nitrogen and oxygen atoms in total. The van der Waals surface area contributed by atoms with Crippen LogP contribution in [0.5, 0.6) is 11.5 Å².